The Morgan fingerprint density at radius 2 is 1.73 bits per heavy atom. The van der Waals surface area contributed by atoms with E-state index in [1.54, 1.807) is 7.11 Å². The van der Waals surface area contributed by atoms with Crippen molar-refractivity contribution in [3.63, 3.8) is 0 Å². The number of benzene rings is 2. The number of methoxy groups -OCH3 is 1. The van der Waals surface area contributed by atoms with E-state index in [0.29, 0.717) is 11.8 Å². The molecule has 0 amide bonds. The van der Waals surface area contributed by atoms with E-state index in [-0.39, 0.29) is 0 Å². The Morgan fingerprint density at radius 3 is 2.45 bits per heavy atom. The monoisotopic (exact) mass is 297 g/mol. The molecule has 2 aromatic carbocycles. The second-order valence-corrected chi connectivity index (χ2v) is 5.76. The van der Waals surface area contributed by atoms with Gasteiger partial charge < -0.3 is 14.8 Å². The predicted octanol–water partition coefficient (Wildman–Crippen LogP) is 3.47. The van der Waals surface area contributed by atoms with Crippen LogP contribution in [0, 0.1) is 5.92 Å². The summed E-state index contributed by atoms with van der Waals surface area (Å²) in [4.78, 5) is 0. The van der Waals surface area contributed by atoms with Gasteiger partial charge >= 0.3 is 0 Å². The molecule has 3 heteroatoms. The lowest BCUT2D eigenvalue weighted by molar-refractivity contribution is 0.197. The van der Waals surface area contributed by atoms with Gasteiger partial charge in [-0.15, -0.1) is 0 Å². The lowest BCUT2D eigenvalue weighted by Crippen LogP contribution is -2.38. The minimum atomic E-state index is 0.498. The zero-order chi connectivity index (χ0) is 15.2. The first kappa shape index (κ1) is 14.9. The number of rotatable bonds is 5. The highest BCUT2D eigenvalue weighted by molar-refractivity contribution is 5.31. The van der Waals surface area contributed by atoms with Gasteiger partial charge in [-0.1, -0.05) is 30.3 Å². The normalized spacial score (nSPS) is 21.3. The lowest BCUT2D eigenvalue weighted by Gasteiger charge is -2.32. The van der Waals surface area contributed by atoms with Gasteiger partial charge in [0.25, 0.3) is 0 Å². The molecule has 0 aliphatic carbocycles. The molecule has 1 heterocycles. The Hall–Kier alpha value is -2.00. The van der Waals surface area contributed by atoms with Crippen LogP contribution in [0.3, 0.4) is 0 Å². The summed E-state index contributed by atoms with van der Waals surface area (Å²) in [6, 6.07) is 18.6. The smallest absolute Gasteiger partial charge is 0.119 e. The summed E-state index contributed by atoms with van der Waals surface area (Å²) in [5, 5.41) is 3.49. The van der Waals surface area contributed by atoms with Gasteiger partial charge in [-0.05, 0) is 48.7 Å². The first-order chi connectivity index (χ1) is 10.9. The van der Waals surface area contributed by atoms with E-state index in [0.717, 1.165) is 31.2 Å². The Bertz CT molecular complexity index is 568. The Morgan fingerprint density at radius 1 is 1.00 bits per heavy atom. The lowest BCUT2D eigenvalue weighted by atomic mass is 9.81. The molecule has 2 atom stereocenters. The van der Waals surface area contributed by atoms with Gasteiger partial charge in [0.15, 0.2) is 0 Å². The van der Waals surface area contributed by atoms with E-state index in [4.69, 9.17) is 9.47 Å². The number of hydrogen-bond acceptors (Lipinski definition) is 3. The summed E-state index contributed by atoms with van der Waals surface area (Å²) in [5.74, 6) is 2.82. The van der Waals surface area contributed by atoms with Crippen LogP contribution in [0.2, 0.25) is 0 Å². The summed E-state index contributed by atoms with van der Waals surface area (Å²) < 4.78 is 11.2. The number of hydrogen-bond donors (Lipinski definition) is 1. The van der Waals surface area contributed by atoms with E-state index in [2.05, 4.69) is 35.6 Å². The van der Waals surface area contributed by atoms with Gasteiger partial charge in [-0.25, -0.2) is 0 Å². The maximum Gasteiger partial charge on any atom is 0.119 e. The molecule has 0 spiro atoms. The molecular weight excluding hydrogens is 274 g/mol. The number of ether oxygens (including phenoxy) is 2. The molecule has 1 aliphatic rings. The second-order valence-electron chi connectivity index (χ2n) is 5.76. The van der Waals surface area contributed by atoms with Crippen molar-refractivity contribution >= 4 is 0 Å². The van der Waals surface area contributed by atoms with Gasteiger partial charge in [0.2, 0.25) is 0 Å². The van der Waals surface area contributed by atoms with Crippen molar-refractivity contribution in [3.8, 4) is 11.5 Å². The van der Waals surface area contributed by atoms with Crippen LogP contribution >= 0.6 is 0 Å². The van der Waals surface area contributed by atoms with E-state index < -0.39 is 0 Å². The maximum absolute atomic E-state index is 6.00. The first-order valence-electron chi connectivity index (χ1n) is 7.89. The Balaban J connectivity index is 1.64. The molecule has 3 nitrogen and oxygen atoms in total. The van der Waals surface area contributed by atoms with Gasteiger partial charge in [-0.3, -0.25) is 0 Å². The quantitative estimate of drug-likeness (QED) is 0.916. The number of nitrogens with one attached hydrogen (secondary N) is 1. The topological polar surface area (TPSA) is 30.5 Å². The highest BCUT2D eigenvalue weighted by atomic mass is 16.5. The van der Waals surface area contributed by atoms with Crippen molar-refractivity contribution in [1.82, 2.24) is 5.32 Å². The van der Waals surface area contributed by atoms with Gasteiger partial charge in [0.05, 0.1) is 13.7 Å². The van der Waals surface area contributed by atoms with E-state index in [1.165, 1.54) is 12.0 Å². The summed E-state index contributed by atoms with van der Waals surface area (Å²) in [6.07, 6.45) is 1.17. The fourth-order valence-corrected chi connectivity index (χ4v) is 3.11. The molecule has 1 aliphatic heterocycles. The molecule has 0 unspecified atom stereocenters. The third-order valence-electron chi connectivity index (χ3n) is 4.36. The standard InChI is InChI=1S/C19H23NO2/c1-21-17-7-9-18(10-8-17)22-14-16-13-20-12-11-19(16)15-5-3-2-4-6-15/h2-10,16,19-20H,11-14H2,1H3/t16-,19-/m0/s1. The van der Waals surface area contributed by atoms with Gasteiger partial charge in [0.1, 0.15) is 11.5 Å². The molecule has 0 radical (unpaired) electrons. The van der Waals surface area contributed by atoms with E-state index in [1.807, 2.05) is 24.3 Å². The third-order valence-corrected chi connectivity index (χ3v) is 4.36. The minimum Gasteiger partial charge on any atom is -0.497 e. The molecule has 1 saturated heterocycles. The van der Waals surface area contributed by atoms with Gasteiger partial charge in [-0.2, -0.15) is 0 Å². The molecule has 0 aromatic heterocycles. The van der Waals surface area contributed by atoms with Crippen LogP contribution in [0.4, 0.5) is 0 Å². The van der Waals surface area contributed by atoms with Crippen molar-refractivity contribution in [1.29, 1.82) is 0 Å². The second kappa shape index (κ2) is 7.32. The Kier molecular flexibility index (Phi) is 4.96. The van der Waals surface area contributed by atoms with Crippen LogP contribution in [0.1, 0.15) is 17.9 Å². The average Bonchev–Trinajstić information content (AvgIpc) is 2.61. The molecule has 116 valence electrons. The third kappa shape index (κ3) is 3.60. The molecule has 0 saturated carbocycles. The molecule has 1 fully saturated rings. The van der Waals surface area contributed by atoms with Crippen LogP contribution in [-0.2, 0) is 0 Å². The van der Waals surface area contributed by atoms with Crippen molar-refractivity contribution in [2.75, 3.05) is 26.8 Å². The molecule has 22 heavy (non-hydrogen) atoms. The largest absolute Gasteiger partial charge is 0.497 e. The predicted molar refractivity (Wildman–Crippen MR) is 88.6 cm³/mol. The average molecular weight is 297 g/mol. The molecule has 2 aromatic rings. The fourth-order valence-electron chi connectivity index (χ4n) is 3.11. The highest BCUT2D eigenvalue weighted by Crippen LogP contribution is 2.31. The summed E-state index contributed by atoms with van der Waals surface area (Å²) >= 11 is 0. The molecule has 0 bridgehead atoms. The van der Waals surface area contributed by atoms with E-state index in [9.17, 15) is 0 Å². The van der Waals surface area contributed by atoms with Crippen molar-refractivity contribution < 1.29 is 9.47 Å². The summed E-state index contributed by atoms with van der Waals surface area (Å²) in [6.45, 7) is 2.83. The molecule has 1 N–H and O–H groups in total. The minimum absolute atomic E-state index is 0.498. The zero-order valence-corrected chi connectivity index (χ0v) is 13.0. The fraction of sp³-hybridized carbons (Fsp3) is 0.368. The van der Waals surface area contributed by atoms with Crippen LogP contribution in [-0.4, -0.2) is 26.8 Å². The van der Waals surface area contributed by atoms with Crippen LogP contribution < -0.4 is 14.8 Å². The van der Waals surface area contributed by atoms with Crippen molar-refractivity contribution in [2.45, 2.75) is 12.3 Å². The summed E-state index contributed by atoms with van der Waals surface area (Å²) in [5.41, 5.74) is 1.42. The van der Waals surface area contributed by atoms with Crippen LogP contribution in [0.5, 0.6) is 11.5 Å². The Labute approximate surface area is 132 Å². The highest BCUT2D eigenvalue weighted by Gasteiger charge is 2.26. The zero-order valence-electron chi connectivity index (χ0n) is 13.0. The van der Waals surface area contributed by atoms with Crippen molar-refractivity contribution in [3.05, 3.63) is 60.2 Å². The first-order valence-corrected chi connectivity index (χ1v) is 7.89. The molecule has 3 rings (SSSR count). The van der Waals surface area contributed by atoms with E-state index >= 15 is 0 Å². The van der Waals surface area contributed by atoms with Crippen LogP contribution in [0.15, 0.2) is 54.6 Å². The SMILES string of the molecule is COc1ccc(OC[C@@H]2CNCC[C@H]2c2ccccc2)cc1. The number of piperidine rings is 1. The van der Waals surface area contributed by atoms with Crippen molar-refractivity contribution in [2.24, 2.45) is 5.92 Å². The summed E-state index contributed by atoms with van der Waals surface area (Å²) in [7, 11) is 1.67. The molecular formula is C19H23NO2. The van der Waals surface area contributed by atoms with Crippen LogP contribution in [0.25, 0.3) is 0 Å². The van der Waals surface area contributed by atoms with Gasteiger partial charge in [0, 0.05) is 12.5 Å². The maximum atomic E-state index is 6.00.